The molecular weight excluding hydrogens is 346 g/mol. The van der Waals surface area contributed by atoms with E-state index in [4.69, 9.17) is 16.3 Å². The molecule has 1 aromatic carbocycles. The number of nitrogens with zero attached hydrogens (tertiary/aromatic N) is 1. The van der Waals surface area contributed by atoms with Crippen LogP contribution in [0.4, 0.5) is 0 Å². The molecule has 2 atom stereocenters. The summed E-state index contributed by atoms with van der Waals surface area (Å²) in [5, 5.41) is 0.355. The number of hydrogen-bond acceptors (Lipinski definition) is 4. The predicted octanol–water partition coefficient (Wildman–Crippen LogP) is 4.28. The highest BCUT2D eigenvalue weighted by Crippen LogP contribution is 2.44. The van der Waals surface area contributed by atoms with Gasteiger partial charge >= 0.3 is 5.97 Å². The highest BCUT2D eigenvalue weighted by Gasteiger charge is 2.44. The zero-order chi connectivity index (χ0) is 17.7. The second-order valence-electron chi connectivity index (χ2n) is 6.14. The number of amides is 1. The Morgan fingerprint density at radius 1 is 1.38 bits per heavy atom. The van der Waals surface area contributed by atoms with Gasteiger partial charge in [-0.15, -0.1) is 11.8 Å². The number of esters is 1. The Labute approximate surface area is 152 Å². The van der Waals surface area contributed by atoms with Crippen LogP contribution in [0.15, 0.2) is 24.3 Å². The second-order valence-corrected chi connectivity index (χ2v) is 7.66. The van der Waals surface area contributed by atoms with E-state index < -0.39 is 6.04 Å². The molecule has 4 nitrogen and oxygen atoms in total. The highest BCUT2D eigenvalue weighted by atomic mass is 35.5. The summed E-state index contributed by atoms with van der Waals surface area (Å²) in [6.45, 7) is 6.13. The van der Waals surface area contributed by atoms with E-state index >= 15 is 0 Å². The SMILES string of the molecule is CCCCOC(=O)[C@H]1CS[C@@H](c2ccccc2Cl)N1C(=O)C(C)C. The molecule has 0 saturated carbocycles. The third kappa shape index (κ3) is 4.25. The molecule has 0 bridgehead atoms. The van der Waals surface area contributed by atoms with E-state index in [2.05, 4.69) is 0 Å². The van der Waals surface area contributed by atoms with Gasteiger partial charge in [-0.2, -0.15) is 0 Å². The zero-order valence-corrected chi connectivity index (χ0v) is 15.9. The summed E-state index contributed by atoms with van der Waals surface area (Å²) in [4.78, 5) is 26.9. The third-order valence-electron chi connectivity index (χ3n) is 3.93. The lowest BCUT2D eigenvalue weighted by atomic mass is 10.1. The monoisotopic (exact) mass is 369 g/mol. The maximum Gasteiger partial charge on any atom is 0.329 e. The van der Waals surface area contributed by atoms with Gasteiger partial charge in [0.1, 0.15) is 11.4 Å². The summed E-state index contributed by atoms with van der Waals surface area (Å²) in [7, 11) is 0. The standard InChI is InChI=1S/C18H24ClNO3S/c1-4-5-10-23-18(22)15-11-24-17(20(15)16(21)12(2)3)13-8-6-7-9-14(13)19/h6-9,12,15,17H,4-5,10-11H2,1-3H3/t15-,17+/m1/s1. The fourth-order valence-corrected chi connectivity index (χ4v) is 4.35. The number of halogens is 1. The van der Waals surface area contributed by atoms with Crippen LogP contribution >= 0.6 is 23.4 Å². The van der Waals surface area contributed by atoms with Crippen LogP contribution in [0.5, 0.6) is 0 Å². The van der Waals surface area contributed by atoms with Crippen molar-refractivity contribution >= 4 is 35.2 Å². The van der Waals surface area contributed by atoms with Gasteiger partial charge in [0.15, 0.2) is 0 Å². The van der Waals surface area contributed by atoms with Crippen LogP contribution in [0.3, 0.4) is 0 Å². The van der Waals surface area contributed by atoms with Crippen molar-refractivity contribution in [1.82, 2.24) is 4.90 Å². The van der Waals surface area contributed by atoms with Gasteiger partial charge in [0.25, 0.3) is 0 Å². The largest absolute Gasteiger partial charge is 0.464 e. The number of hydrogen-bond donors (Lipinski definition) is 0. The van der Waals surface area contributed by atoms with Crippen LogP contribution in [0.1, 0.15) is 44.6 Å². The second kappa shape index (κ2) is 8.77. The van der Waals surface area contributed by atoms with E-state index in [0.717, 1.165) is 18.4 Å². The smallest absolute Gasteiger partial charge is 0.329 e. The topological polar surface area (TPSA) is 46.6 Å². The molecule has 1 aliphatic heterocycles. The summed E-state index contributed by atoms with van der Waals surface area (Å²) in [6, 6.07) is 6.92. The maximum atomic E-state index is 12.7. The van der Waals surface area contributed by atoms with E-state index in [0.29, 0.717) is 17.4 Å². The third-order valence-corrected chi connectivity index (χ3v) is 5.58. The summed E-state index contributed by atoms with van der Waals surface area (Å²) in [6.07, 6.45) is 1.79. The molecule has 6 heteroatoms. The molecule has 0 aliphatic carbocycles. The molecule has 1 heterocycles. The molecule has 0 radical (unpaired) electrons. The van der Waals surface area contributed by atoms with Crippen LogP contribution in [-0.2, 0) is 14.3 Å². The van der Waals surface area contributed by atoms with E-state index in [9.17, 15) is 9.59 Å². The lowest BCUT2D eigenvalue weighted by Gasteiger charge is -2.30. The first-order valence-corrected chi connectivity index (χ1v) is 9.74. The Morgan fingerprint density at radius 2 is 2.08 bits per heavy atom. The van der Waals surface area contributed by atoms with Gasteiger partial charge in [0.05, 0.1) is 6.61 Å². The molecule has 1 fully saturated rings. The number of thioether (sulfide) groups is 1. The molecule has 1 aromatic rings. The first-order chi connectivity index (χ1) is 11.5. The van der Waals surface area contributed by atoms with Crippen LogP contribution < -0.4 is 0 Å². The minimum absolute atomic E-state index is 0.0534. The van der Waals surface area contributed by atoms with Crippen LogP contribution in [0, 0.1) is 5.92 Å². The van der Waals surface area contributed by atoms with Crippen molar-refractivity contribution in [3.8, 4) is 0 Å². The van der Waals surface area contributed by atoms with Crippen LogP contribution in [0.25, 0.3) is 0 Å². The molecule has 1 amide bonds. The minimum atomic E-state index is -0.553. The Balaban J connectivity index is 2.25. The molecule has 132 valence electrons. The van der Waals surface area contributed by atoms with Crippen LogP contribution in [-0.4, -0.2) is 35.2 Å². The minimum Gasteiger partial charge on any atom is -0.464 e. The van der Waals surface area contributed by atoms with E-state index in [1.54, 1.807) is 16.7 Å². The van der Waals surface area contributed by atoms with Crippen molar-refractivity contribution in [2.24, 2.45) is 5.92 Å². The quantitative estimate of drug-likeness (QED) is 0.554. The maximum absolute atomic E-state index is 12.7. The Kier molecular flexibility index (Phi) is 6.99. The molecule has 1 aliphatic rings. The van der Waals surface area contributed by atoms with E-state index in [1.165, 1.54) is 0 Å². The molecule has 24 heavy (non-hydrogen) atoms. The average molecular weight is 370 g/mol. The van der Waals surface area contributed by atoms with E-state index in [1.807, 2.05) is 45.0 Å². The number of carbonyl (C=O) groups is 2. The van der Waals surface area contributed by atoms with Crippen molar-refractivity contribution in [3.05, 3.63) is 34.9 Å². The zero-order valence-electron chi connectivity index (χ0n) is 14.3. The number of rotatable bonds is 6. The molecule has 0 unspecified atom stereocenters. The fraction of sp³-hybridized carbons (Fsp3) is 0.556. The number of carbonyl (C=O) groups excluding carboxylic acids is 2. The fourth-order valence-electron chi connectivity index (χ4n) is 2.58. The van der Waals surface area contributed by atoms with Gasteiger partial charge in [-0.3, -0.25) is 4.79 Å². The molecular formula is C18H24ClNO3S. The number of ether oxygens (including phenoxy) is 1. The van der Waals surface area contributed by atoms with Crippen molar-refractivity contribution in [2.75, 3.05) is 12.4 Å². The summed E-state index contributed by atoms with van der Waals surface area (Å²) >= 11 is 7.88. The van der Waals surface area contributed by atoms with E-state index in [-0.39, 0.29) is 23.2 Å². The first kappa shape index (κ1) is 19.1. The lowest BCUT2D eigenvalue weighted by Crippen LogP contribution is -2.45. The van der Waals surface area contributed by atoms with Crippen molar-refractivity contribution in [1.29, 1.82) is 0 Å². The normalized spacial score (nSPS) is 20.5. The van der Waals surface area contributed by atoms with Crippen LogP contribution in [0.2, 0.25) is 5.02 Å². The Bertz CT molecular complexity index is 593. The van der Waals surface area contributed by atoms with Gasteiger partial charge in [-0.05, 0) is 12.5 Å². The van der Waals surface area contributed by atoms with Gasteiger partial charge in [0, 0.05) is 22.3 Å². The van der Waals surface area contributed by atoms with Crippen molar-refractivity contribution in [3.63, 3.8) is 0 Å². The molecule has 0 N–H and O–H groups in total. The summed E-state index contributed by atoms with van der Waals surface area (Å²) in [5.41, 5.74) is 0.863. The van der Waals surface area contributed by atoms with Gasteiger partial charge < -0.3 is 9.64 Å². The molecule has 2 rings (SSSR count). The van der Waals surface area contributed by atoms with Gasteiger partial charge in [-0.25, -0.2) is 4.79 Å². The predicted molar refractivity (Wildman–Crippen MR) is 98.0 cm³/mol. The molecule has 0 spiro atoms. The first-order valence-electron chi connectivity index (χ1n) is 8.32. The Morgan fingerprint density at radius 3 is 2.71 bits per heavy atom. The molecule has 1 saturated heterocycles. The van der Waals surface area contributed by atoms with Gasteiger partial charge in [0.2, 0.25) is 5.91 Å². The lowest BCUT2D eigenvalue weighted by molar-refractivity contribution is -0.155. The number of benzene rings is 1. The summed E-state index contributed by atoms with van der Waals surface area (Å²) < 4.78 is 5.36. The van der Waals surface area contributed by atoms with Gasteiger partial charge in [-0.1, -0.05) is 57.0 Å². The average Bonchev–Trinajstić information content (AvgIpc) is 2.99. The van der Waals surface area contributed by atoms with Crippen molar-refractivity contribution in [2.45, 2.75) is 45.0 Å². The highest BCUT2D eigenvalue weighted by molar-refractivity contribution is 7.99. The summed E-state index contributed by atoms with van der Waals surface area (Å²) in [5.74, 6) is -0.0410. The Hall–Kier alpha value is -1.20. The molecule has 0 aromatic heterocycles. The van der Waals surface area contributed by atoms with Crippen molar-refractivity contribution < 1.29 is 14.3 Å². The number of unbranched alkanes of at least 4 members (excludes halogenated alkanes) is 1.